The molecule has 2 amide bonds. The normalized spacial score (nSPS) is 9.96. The Morgan fingerprint density at radius 3 is 2.70 bits per heavy atom. The van der Waals surface area contributed by atoms with E-state index < -0.39 is 0 Å². The number of terminal acetylenes is 1. The molecule has 2 N–H and O–H groups in total. The number of hydrogen-bond acceptors (Lipinski definition) is 4. The molecule has 2 rings (SSSR count). The van der Waals surface area contributed by atoms with Crippen molar-refractivity contribution >= 4 is 17.5 Å². The number of carbonyl (C=O) groups excluding carboxylic acids is 2. The highest BCUT2D eigenvalue weighted by Gasteiger charge is 2.16. The van der Waals surface area contributed by atoms with E-state index in [1.807, 2.05) is 0 Å². The van der Waals surface area contributed by atoms with Crippen LogP contribution in [0.2, 0.25) is 0 Å². The van der Waals surface area contributed by atoms with Crippen LogP contribution in [0.3, 0.4) is 0 Å². The molecule has 1 heterocycles. The van der Waals surface area contributed by atoms with Gasteiger partial charge in [0, 0.05) is 5.56 Å². The molecule has 0 fully saturated rings. The van der Waals surface area contributed by atoms with Crippen molar-refractivity contribution in [3.05, 3.63) is 46.8 Å². The topological polar surface area (TPSA) is 84.2 Å². The molecule has 1 aromatic heterocycles. The number of amides is 2. The van der Waals surface area contributed by atoms with Crippen molar-refractivity contribution in [3.63, 3.8) is 0 Å². The van der Waals surface area contributed by atoms with Gasteiger partial charge in [-0.15, -0.1) is 6.42 Å². The first-order valence-electron chi connectivity index (χ1n) is 7.05. The van der Waals surface area contributed by atoms with Gasteiger partial charge in [0.05, 0.1) is 29.9 Å². The maximum Gasteiger partial charge on any atom is 0.254 e. The van der Waals surface area contributed by atoms with Crippen LogP contribution in [0.5, 0.6) is 0 Å². The van der Waals surface area contributed by atoms with E-state index >= 15 is 0 Å². The number of benzene rings is 1. The lowest BCUT2D eigenvalue weighted by molar-refractivity contribution is -0.115. The van der Waals surface area contributed by atoms with E-state index in [0.717, 1.165) is 5.56 Å². The second-order valence-electron chi connectivity index (χ2n) is 4.96. The molecule has 1 aromatic carbocycles. The Balaban J connectivity index is 2.12. The van der Waals surface area contributed by atoms with Crippen LogP contribution in [0, 0.1) is 26.2 Å². The number of aromatic nitrogens is 1. The molecule has 0 atom stereocenters. The van der Waals surface area contributed by atoms with Gasteiger partial charge in [0.1, 0.15) is 5.76 Å². The zero-order chi connectivity index (χ0) is 16.8. The molecular weight excluding hydrogens is 294 g/mol. The zero-order valence-corrected chi connectivity index (χ0v) is 13.0. The van der Waals surface area contributed by atoms with Crippen LogP contribution in [0.25, 0.3) is 0 Å². The summed E-state index contributed by atoms with van der Waals surface area (Å²) in [6.07, 6.45) is 5.25. The molecule has 0 aliphatic heterocycles. The van der Waals surface area contributed by atoms with E-state index in [4.69, 9.17) is 10.9 Å². The zero-order valence-electron chi connectivity index (χ0n) is 13.0. The van der Waals surface area contributed by atoms with E-state index in [-0.39, 0.29) is 24.8 Å². The number of nitrogens with zero attached hydrogens (tertiary/aromatic N) is 1. The van der Waals surface area contributed by atoms with E-state index in [2.05, 4.69) is 21.7 Å². The molecule has 6 nitrogen and oxygen atoms in total. The summed E-state index contributed by atoms with van der Waals surface area (Å²) in [4.78, 5) is 24.3. The lowest BCUT2D eigenvalue weighted by Gasteiger charge is -2.10. The van der Waals surface area contributed by atoms with Gasteiger partial charge in [0.2, 0.25) is 5.91 Å². The molecule has 0 bridgehead atoms. The number of hydrogen-bond donors (Lipinski definition) is 2. The number of rotatable bonds is 5. The molecule has 2 aromatic rings. The van der Waals surface area contributed by atoms with Gasteiger partial charge < -0.3 is 15.2 Å². The Hall–Kier alpha value is -3.07. The van der Waals surface area contributed by atoms with Crippen LogP contribution in [0.1, 0.15) is 27.4 Å². The van der Waals surface area contributed by atoms with E-state index in [9.17, 15) is 9.59 Å². The molecule has 0 saturated heterocycles. The van der Waals surface area contributed by atoms with Gasteiger partial charge in [-0.25, -0.2) is 0 Å². The summed E-state index contributed by atoms with van der Waals surface area (Å²) in [5.41, 5.74) is 2.21. The molecule has 0 unspecified atom stereocenters. The van der Waals surface area contributed by atoms with Crippen molar-refractivity contribution in [1.82, 2.24) is 10.5 Å². The third-order valence-corrected chi connectivity index (χ3v) is 3.32. The average Bonchev–Trinajstić information content (AvgIpc) is 2.85. The van der Waals surface area contributed by atoms with Gasteiger partial charge in [-0.2, -0.15) is 0 Å². The minimum absolute atomic E-state index is 0.125. The second kappa shape index (κ2) is 7.27. The van der Waals surface area contributed by atoms with Crippen LogP contribution in [0.4, 0.5) is 5.69 Å². The van der Waals surface area contributed by atoms with Crippen molar-refractivity contribution in [2.75, 3.05) is 11.9 Å². The summed E-state index contributed by atoms with van der Waals surface area (Å²) >= 11 is 0. The third-order valence-electron chi connectivity index (χ3n) is 3.32. The number of anilines is 1. The van der Waals surface area contributed by atoms with Crippen LogP contribution in [-0.4, -0.2) is 23.5 Å². The fourth-order valence-electron chi connectivity index (χ4n) is 2.13. The van der Waals surface area contributed by atoms with Gasteiger partial charge in [-0.1, -0.05) is 23.2 Å². The summed E-state index contributed by atoms with van der Waals surface area (Å²) < 4.78 is 5.04. The second-order valence-corrected chi connectivity index (χ2v) is 4.96. The highest BCUT2D eigenvalue weighted by Crippen LogP contribution is 2.17. The number of nitrogens with one attached hydrogen (secondary N) is 2. The maximum absolute atomic E-state index is 12.2. The number of para-hydroxylation sites is 1. The lowest BCUT2D eigenvalue weighted by Crippen LogP contribution is -2.25. The molecule has 0 aliphatic rings. The Kier molecular flexibility index (Phi) is 5.15. The van der Waals surface area contributed by atoms with E-state index in [1.165, 1.54) is 0 Å². The fraction of sp³-hybridized carbons (Fsp3) is 0.235. The monoisotopic (exact) mass is 311 g/mol. The Morgan fingerprint density at radius 1 is 1.30 bits per heavy atom. The minimum atomic E-state index is -0.337. The van der Waals surface area contributed by atoms with Crippen LogP contribution < -0.4 is 10.6 Å². The highest BCUT2D eigenvalue weighted by molar-refractivity contribution is 6.04. The first-order valence-corrected chi connectivity index (χ1v) is 7.05. The van der Waals surface area contributed by atoms with Crippen LogP contribution in [-0.2, 0) is 11.2 Å². The highest BCUT2D eigenvalue weighted by atomic mass is 16.5. The van der Waals surface area contributed by atoms with Crippen molar-refractivity contribution in [2.24, 2.45) is 0 Å². The molecular formula is C17H17N3O3. The molecule has 23 heavy (non-hydrogen) atoms. The van der Waals surface area contributed by atoms with Gasteiger partial charge >= 0.3 is 0 Å². The number of aryl methyl sites for hydroxylation is 2. The average molecular weight is 311 g/mol. The Bertz CT molecular complexity index is 752. The Morgan fingerprint density at radius 2 is 2.04 bits per heavy atom. The van der Waals surface area contributed by atoms with Crippen molar-refractivity contribution in [3.8, 4) is 12.3 Å². The smallest absolute Gasteiger partial charge is 0.254 e. The predicted octanol–water partition coefficient (Wildman–Crippen LogP) is 1.84. The SMILES string of the molecule is C#CCNC(=O)c1ccccc1NC(=O)Cc1c(C)noc1C. The lowest BCUT2D eigenvalue weighted by atomic mass is 10.1. The molecule has 0 saturated carbocycles. The molecule has 118 valence electrons. The summed E-state index contributed by atoms with van der Waals surface area (Å²) in [5.74, 6) is 2.35. The largest absolute Gasteiger partial charge is 0.361 e. The summed E-state index contributed by atoms with van der Waals surface area (Å²) in [7, 11) is 0. The first kappa shape index (κ1) is 16.3. The van der Waals surface area contributed by atoms with Crippen LogP contribution in [0.15, 0.2) is 28.8 Å². The summed E-state index contributed by atoms with van der Waals surface area (Å²) in [6, 6.07) is 6.74. The van der Waals surface area contributed by atoms with Gasteiger partial charge in [0.15, 0.2) is 0 Å². The summed E-state index contributed by atoms with van der Waals surface area (Å²) in [5, 5.41) is 9.13. The van der Waals surface area contributed by atoms with Crippen molar-refractivity contribution in [2.45, 2.75) is 20.3 Å². The molecule has 0 spiro atoms. The quantitative estimate of drug-likeness (QED) is 0.825. The van der Waals surface area contributed by atoms with E-state index in [0.29, 0.717) is 22.7 Å². The summed E-state index contributed by atoms with van der Waals surface area (Å²) in [6.45, 7) is 3.66. The first-order chi connectivity index (χ1) is 11.0. The standard InChI is InChI=1S/C17H17N3O3/c1-4-9-18-17(22)13-7-5-6-8-15(13)19-16(21)10-14-11(2)20-23-12(14)3/h1,5-8H,9-10H2,2-3H3,(H,18,22)(H,19,21). The molecule has 6 heteroatoms. The Labute approximate surface area is 134 Å². The fourth-order valence-corrected chi connectivity index (χ4v) is 2.13. The van der Waals surface area contributed by atoms with Gasteiger partial charge in [-0.3, -0.25) is 9.59 Å². The minimum Gasteiger partial charge on any atom is -0.361 e. The molecule has 0 aliphatic carbocycles. The molecule has 0 radical (unpaired) electrons. The predicted molar refractivity (Wildman–Crippen MR) is 85.9 cm³/mol. The van der Waals surface area contributed by atoms with E-state index in [1.54, 1.807) is 38.1 Å². The van der Waals surface area contributed by atoms with Gasteiger partial charge in [0.25, 0.3) is 5.91 Å². The van der Waals surface area contributed by atoms with Crippen LogP contribution >= 0.6 is 0 Å². The third kappa shape index (κ3) is 3.98. The van der Waals surface area contributed by atoms with Gasteiger partial charge in [-0.05, 0) is 26.0 Å². The maximum atomic E-state index is 12.2. The van der Waals surface area contributed by atoms with Crippen molar-refractivity contribution < 1.29 is 14.1 Å². The number of carbonyl (C=O) groups is 2. The van der Waals surface area contributed by atoms with Crippen molar-refractivity contribution in [1.29, 1.82) is 0 Å².